The van der Waals surface area contributed by atoms with E-state index in [-0.39, 0.29) is 11.4 Å². The van der Waals surface area contributed by atoms with Crippen LogP contribution in [0, 0.1) is 0 Å². The molecule has 1 aliphatic heterocycles. The second kappa shape index (κ2) is 8.76. The van der Waals surface area contributed by atoms with Gasteiger partial charge in [-0.05, 0) is 68.5 Å². The molecular formula is C23H27Cl2N3O. The monoisotopic (exact) mass is 431 g/mol. The van der Waals surface area contributed by atoms with E-state index in [2.05, 4.69) is 49.2 Å². The lowest BCUT2D eigenvalue weighted by molar-refractivity contribution is 0.0955. The molecule has 0 saturated heterocycles. The standard InChI is InChI=1S/C23H27Cl2N3O/c1-5-9-28-21-12-20(25)17(11-19(21)15(2)13-23(28,3)4)14-26-27-22(29)16-7-6-8-18(24)10-16/h6-8,10-12,14-15H,5,9,13H2,1-4H3,(H,27,29)/b26-14-. The van der Waals surface area contributed by atoms with Crippen LogP contribution in [-0.4, -0.2) is 24.2 Å². The van der Waals surface area contributed by atoms with Gasteiger partial charge in [-0.1, -0.05) is 43.1 Å². The summed E-state index contributed by atoms with van der Waals surface area (Å²) in [7, 11) is 0. The van der Waals surface area contributed by atoms with Gasteiger partial charge in [-0.3, -0.25) is 4.79 Å². The van der Waals surface area contributed by atoms with Gasteiger partial charge in [0.2, 0.25) is 0 Å². The first-order valence-corrected chi connectivity index (χ1v) is 10.7. The van der Waals surface area contributed by atoms with Gasteiger partial charge in [0.25, 0.3) is 5.91 Å². The number of halogens is 2. The van der Waals surface area contributed by atoms with E-state index in [0.717, 1.165) is 24.9 Å². The summed E-state index contributed by atoms with van der Waals surface area (Å²) >= 11 is 12.5. The van der Waals surface area contributed by atoms with Crippen molar-refractivity contribution < 1.29 is 4.79 Å². The minimum Gasteiger partial charge on any atom is -0.366 e. The van der Waals surface area contributed by atoms with E-state index in [1.54, 1.807) is 30.5 Å². The molecule has 1 N–H and O–H groups in total. The molecule has 0 fully saturated rings. The number of nitrogens with zero attached hydrogens (tertiary/aromatic N) is 2. The maximum absolute atomic E-state index is 12.2. The molecule has 0 saturated carbocycles. The maximum atomic E-state index is 12.2. The Bertz CT molecular complexity index is 940. The zero-order valence-electron chi connectivity index (χ0n) is 17.3. The summed E-state index contributed by atoms with van der Waals surface area (Å²) < 4.78 is 0. The van der Waals surface area contributed by atoms with Crippen LogP contribution in [-0.2, 0) is 0 Å². The minimum absolute atomic E-state index is 0.0896. The van der Waals surface area contributed by atoms with Crippen LogP contribution >= 0.6 is 23.2 Å². The largest absolute Gasteiger partial charge is 0.366 e. The number of carbonyl (C=O) groups is 1. The van der Waals surface area contributed by atoms with E-state index in [4.69, 9.17) is 23.2 Å². The number of hydrogen-bond donors (Lipinski definition) is 1. The Labute approximate surface area is 182 Å². The van der Waals surface area contributed by atoms with Crippen LogP contribution in [0.3, 0.4) is 0 Å². The molecule has 1 unspecified atom stereocenters. The summed E-state index contributed by atoms with van der Waals surface area (Å²) in [6.45, 7) is 10.0. The molecule has 2 aromatic carbocycles. The quantitative estimate of drug-likeness (QED) is 0.448. The molecule has 1 amide bonds. The molecular weight excluding hydrogens is 405 g/mol. The highest BCUT2D eigenvalue weighted by atomic mass is 35.5. The van der Waals surface area contributed by atoms with Crippen molar-refractivity contribution in [2.75, 3.05) is 11.4 Å². The summed E-state index contributed by atoms with van der Waals surface area (Å²) in [6, 6.07) is 10.9. The van der Waals surface area contributed by atoms with E-state index < -0.39 is 0 Å². The smallest absolute Gasteiger partial charge is 0.271 e. The lowest BCUT2D eigenvalue weighted by atomic mass is 9.79. The van der Waals surface area contributed by atoms with Crippen molar-refractivity contribution in [3.8, 4) is 0 Å². The zero-order chi connectivity index (χ0) is 21.2. The van der Waals surface area contributed by atoms with Gasteiger partial charge < -0.3 is 4.90 Å². The first-order valence-electron chi connectivity index (χ1n) is 9.93. The summed E-state index contributed by atoms with van der Waals surface area (Å²) in [5.74, 6) is 0.0978. The third-order valence-electron chi connectivity index (χ3n) is 5.41. The van der Waals surface area contributed by atoms with Gasteiger partial charge in [-0.25, -0.2) is 5.43 Å². The van der Waals surface area contributed by atoms with E-state index in [9.17, 15) is 4.79 Å². The van der Waals surface area contributed by atoms with Crippen molar-refractivity contribution >= 4 is 41.0 Å². The molecule has 1 atom stereocenters. The molecule has 1 aliphatic rings. The van der Waals surface area contributed by atoms with Gasteiger partial charge in [-0.15, -0.1) is 0 Å². The SMILES string of the molecule is CCCN1c2cc(Cl)c(/C=N\NC(=O)c3cccc(Cl)c3)cc2C(C)CC1(C)C. The Balaban J connectivity index is 1.84. The molecule has 1 heterocycles. The van der Waals surface area contributed by atoms with Gasteiger partial charge in [0.15, 0.2) is 0 Å². The van der Waals surface area contributed by atoms with Gasteiger partial charge in [0, 0.05) is 33.9 Å². The topological polar surface area (TPSA) is 44.7 Å². The van der Waals surface area contributed by atoms with Crippen LogP contribution in [0.1, 0.15) is 67.9 Å². The number of hydrazone groups is 1. The Hall–Kier alpha value is -2.04. The molecule has 29 heavy (non-hydrogen) atoms. The van der Waals surface area contributed by atoms with Crippen molar-refractivity contribution in [3.63, 3.8) is 0 Å². The average molecular weight is 432 g/mol. The van der Waals surface area contributed by atoms with Crippen LogP contribution in [0.2, 0.25) is 10.0 Å². The molecule has 0 radical (unpaired) electrons. The summed E-state index contributed by atoms with van der Waals surface area (Å²) in [4.78, 5) is 14.7. The highest BCUT2D eigenvalue weighted by molar-refractivity contribution is 6.33. The molecule has 0 bridgehead atoms. The van der Waals surface area contributed by atoms with E-state index >= 15 is 0 Å². The maximum Gasteiger partial charge on any atom is 0.271 e. The fourth-order valence-corrected chi connectivity index (χ4v) is 4.52. The number of amides is 1. The summed E-state index contributed by atoms with van der Waals surface area (Å²) in [6.07, 6.45) is 3.75. The molecule has 0 aromatic heterocycles. The van der Waals surface area contributed by atoms with Crippen molar-refractivity contribution in [3.05, 3.63) is 63.1 Å². The normalized spacial score (nSPS) is 18.0. The fourth-order valence-electron chi connectivity index (χ4n) is 4.12. The molecule has 2 aromatic rings. The van der Waals surface area contributed by atoms with Crippen molar-refractivity contribution in [1.82, 2.24) is 5.43 Å². The summed E-state index contributed by atoms with van der Waals surface area (Å²) in [5.41, 5.74) is 6.34. The van der Waals surface area contributed by atoms with Gasteiger partial charge in [-0.2, -0.15) is 5.10 Å². The number of hydrogen-bond acceptors (Lipinski definition) is 3. The number of anilines is 1. The van der Waals surface area contributed by atoms with Crippen LogP contribution < -0.4 is 10.3 Å². The summed E-state index contributed by atoms with van der Waals surface area (Å²) in [5, 5.41) is 5.23. The van der Waals surface area contributed by atoms with Crippen LogP contribution in [0.4, 0.5) is 5.69 Å². The van der Waals surface area contributed by atoms with E-state index in [1.165, 1.54) is 11.3 Å². The van der Waals surface area contributed by atoms with Crippen LogP contribution in [0.25, 0.3) is 0 Å². The van der Waals surface area contributed by atoms with Crippen LogP contribution in [0.15, 0.2) is 41.5 Å². The lowest BCUT2D eigenvalue weighted by Gasteiger charge is -2.47. The van der Waals surface area contributed by atoms with Gasteiger partial charge >= 0.3 is 0 Å². The molecule has 0 spiro atoms. The average Bonchev–Trinajstić information content (AvgIpc) is 2.65. The fraction of sp³-hybridized carbons (Fsp3) is 0.391. The van der Waals surface area contributed by atoms with Crippen molar-refractivity contribution in [2.24, 2.45) is 5.10 Å². The Kier molecular flexibility index (Phi) is 6.55. The van der Waals surface area contributed by atoms with E-state index in [1.807, 2.05) is 6.07 Å². The zero-order valence-corrected chi connectivity index (χ0v) is 18.8. The lowest BCUT2D eigenvalue weighted by Crippen LogP contribution is -2.48. The van der Waals surface area contributed by atoms with Gasteiger partial charge in [0.05, 0.1) is 11.2 Å². The first-order chi connectivity index (χ1) is 13.7. The van der Waals surface area contributed by atoms with Crippen molar-refractivity contribution in [1.29, 1.82) is 0 Å². The Morgan fingerprint density at radius 3 is 2.76 bits per heavy atom. The number of benzene rings is 2. The molecule has 3 rings (SSSR count). The highest BCUT2D eigenvalue weighted by Gasteiger charge is 2.36. The minimum atomic E-state index is -0.318. The second-order valence-corrected chi connectivity index (χ2v) is 9.05. The predicted molar refractivity (Wildman–Crippen MR) is 123 cm³/mol. The predicted octanol–water partition coefficient (Wildman–Crippen LogP) is 6.26. The third kappa shape index (κ3) is 4.76. The Morgan fingerprint density at radius 1 is 1.31 bits per heavy atom. The third-order valence-corrected chi connectivity index (χ3v) is 5.97. The number of nitrogens with one attached hydrogen (secondary N) is 1. The second-order valence-electron chi connectivity index (χ2n) is 8.21. The first kappa shape index (κ1) is 21.7. The molecule has 6 heteroatoms. The Morgan fingerprint density at radius 2 is 2.07 bits per heavy atom. The number of rotatable bonds is 5. The van der Waals surface area contributed by atoms with Crippen molar-refractivity contribution in [2.45, 2.75) is 52.0 Å². The highest BCUT2D eigenvalue weighted by Crippen LogP contribution is 2.45. The molecule has 0 aliphatic carbocycles. The van der Waals surface area contributed by atoms with Gasteiger partial charge in [0.1, 0.15) is 0 Å². The van der Waals surface area contributed by atoms with Crippen LogP contribution in [0.5, 0.6) is 0 Å². The van der Waals surface area contributed by atoms with E-state index in [0.29, 0.717) is 21.5 Å². The molecule has 4 nitrogen and oxygen atoms in total. The number of carbonyl (C=O) groups excluding carboxylic acids is 1. The number of fused-ring (bicyclic) bond motifs is 1. The molecule has 154 valence electrons.